The fourth-order valence-electron chi connectivity index (χ4n) is 0.501. The first-order valence-electron chi connectivity index (χ1n) is 3.16. The Morgan fingerprint density at radius 2 is 2.00 bits per heavy atom. The summed E-state index contributed by atoms with van der Waals surface area (Å²) < 4.78 is 28.5. The van der Waals surface area contributed by atoms with E-state index >= 15 is 0 Å². The van der Waals surface area contributed by atoms with Gasteiger partial charge in [0.2, 0.25) is 0 Å². The molecule has 0 amide bonds. The van der Waals surface area contributed by atoms with Crippen molar-refractivity contribution in [1.82, 2.24) is 0 Å². The molecule has 0 atom stereocenters. The number of hydrogen-bond acceptors (Lipinski definition) is 2. The maximum absolute atomic E-state index is 10.1. The van der Waals surface area contributed by atoms with Gasteiger partial charge in [0, 0.05) is 0 Å². The SMILES string of the molecule is CCC=CCCS(=O)(=O)O. The van der Waals surface area contributed by atoms with E-state index in [4.69, 9.17) is 4.55 Å². The van der Waals surface area contributed by atoms with Gasteiger partial charge in [-0.2, -0.15) is 8.42 Å². The van der Waals surface area contributed by atoms with Crippen LogP contribution in [0.4, 0.5) is 0 Å². The minimum absolute atomic E-state index is 0.177. The van der Waals surface area contributed by atoms with Crippen molar-refractivity contribution in [1.29, 1.82) is 0 Å². The van der Waals surface area contributed by atoms with Crippen molar-refractivity contribution in [2.24, 2.45) is 0 Å². The highest BCUT2D eigenvalue weighted by Gasteiger charge is 1.99. The lowest BCUT2D eigenvalue weighted by Gasteiger charge is -1.89. The van der Waals surface area contributed by atoms with Crippen molar-refractivity contribution in [3.05, 3.63) is 12.2 Å². The van der Waals surface area contributed by atoms with Crippen LogP contribution in [0, 0.1) is 0 Å². The van der Waals surface area contributed by atoms with Crippen molar-refractivity contribution in [2.75, 3.05) is 5.75 Å². The molecule has 0 rings (SSSR count). The van der Waals surface area contributed by atoms with Crippen molar-refractivity contribution in [3.8, 4) is 0 Å². The third-order valence-electron chi connectivity index (χ3n) is 0.945. The van der Waals surface area contributed by atoms with E-state index in [-0.39, 0.29) is 5.75 Å². The van der Waals surface area contributed by atoms with Gasteiger partial charge in [0.1, 0.15) is 0 Å². The molecule has 1 N–H and O–H groups in total. The fourth-order valence-corrected chi connectivity index (χ4v) is 0.935. The highest BCUT2D eigenvalue weighted by atomic mass is 32.2. The number of rotatable bonds is 4. The van der Waals surface area contributed by atoms with E-state index in [9.17, 15) is 8.42 Å². The van der Waals surface area contributed by atoms with Crippen LogP contribution in [-0.2, 0) is 10.1 Å². The molecule has 0 radical (unpaired) electrons. The van der Waals surface area contributed by atoms with E-state index in [0.717, 1.165) is 6.42 Å². The summed E-state index contributed by atoms with van der Waals surface area (Å²) in [5, 5.41) is 0. The monoisotopic (exact) mass is 164 g/mol. The van der Waals surface area contributed by atoms with Gasteiger partial charge in [-0.25, -0.2) is 0 Å². The van der Waals surface area contributed by atoms with Gasteiger partial charge in [0.15, 0.2) is 0 Å². The van der Waals surface area contributed by atoms with Gasteiger partial charge in [-0.05, 0) is 12.8 Å². The average molecular weight is 164 g/mol. The van der Waals surface area contributed by atoms with Crippen LogP contribution in [0.5, 0.6) is 0 Å². The van der Waals surface area contributed by atoms with Crippen molar-refractivity contribution in [2.45, 2.75) is 19.8 Å². The van der Waals surface area contributed by atoms with Crippen LogP contribution in [0.1, 0.15) is 19.8 Å². The molecular weight excluding hydrogens is 152 g/mol. The van der Waals surface area contributed by atoms with Crippen molar-refractivity contribution >= 4 is 10.1 Å². The molecule has 10 heavy (non-hydrogen) atoms. The summed E-state index contributed by atoms with van der Waals surface area (Å²) in [7, 11) is -3.76. The van der Waals surface area contributed by atoms with Crippen LogP contribution in [-0.4, -0.2) is 18.7 Å². The Morgan fingerprint density at radius 3 is 2.40 bits per heavy atom. The first kappa shape index (κ1) is 9.65. The molecule has 0 aromatic rings. The summed E-state index contributed by atoms with van der Waals surface area (Å²) in [5.41, 5.74) is 0. The second-order valence-electron chi connectivity index (χ2n) is 1.95. The van der Waals surface area contributed by atoms with Gasteiger partial charge >= 0.3 is 0 Å². The second kappa shape index (κ2) is 4.46. The average Bonchev–Trinajstić information content (AvgIpc) is 1.78. The van der Waals surface area contributed by atoms with E-state index in [1.54, 1.807) is 6.08 Å². The smallest absolute Gasteiger partial charge is 0.265 e. The van der Waals surface area contributed by atoms with E-state index in [1.807, 2.05) is 13.0 Å². The Balaban J connectivity index is 3.48. The highest BCUT2D eigenvalue weighted by Crippen LogP contribution is 1.90. The normalized spacial score (nSPS) is 12.6. The van der Waals surface area contributed by atoms with Gasteiger partial charge in [0.25, 0.3) is 10.1 Å². The van der Waals surface area contributed by atoms with E-state index in [1.165, 1.54) is 0 Å². The van der Waals surface area contributed by atoms with Crippen molar-refractivity contribution < 1.29 is 13.0 Å². The van der Waals surface area contributed by atoms with E-state index < -0.39 is 10.1 Å². The molecule has 0 heterocycles. The van der Waals surface area contributed by atoms with Gasteiger partial charge in [-0.15, -0.1) is 0 Å². The van der Waals surface area contributed by atoms with Crippen LogP contribution in [0.2, 0.25) is 0 Å². The molecule has 0 unspecified atom stereocenters. The van der Waals surface area contributed by atoms with Crippen LogP contribution in [0.15, 0.2) is 12.2 Å². The largest absolute Gasteiger partial charge is 0.286 e. The predicted octanol–water partition coefficient (Wildman–Crippen LogP) is 1.23. The third kappa shape index (κ3) is 7.65. The predicted molar refractivity (Wildman–Crippen MR) is 40.5 cm³/mol. The zero-order valence-electron chi connectivity index (χ0n) is 5.95. The summed E-state index contributed by atoms with van der Waals surface area (Å²) in [4.78, 5) is 0. The van der Waals surface area contributed by atoms with Crippen LogP contribution >= 0.6 is 0 Å². The lowest BCUT2D eigenvalue weighted by molar-refractivity contribution is 0.483. The topological polar surface area (TPSA) is 54.4 Å². The van der Waals surface area contributed by atoms with E-state index in [0.29, 0.717) is 6.42 Å². The lowest BCUT2D eigenvalue weighted by Crippen LogP contribution is -2.01. The Labute approximate surface area is 61.5 Å². The first-order valence-corrected chi connectivity index (χ1v) is 4.77. The standard InChI is InChI=1S/C6H12O3S/c1-2-3-4-5-6-10(7,8)9/h3-4H,2,5-6H2,1H3,(H,7,8,9). The molecule has 3 nitrogen and oxygen atoms in total. The molecule has 0 aromatic heterocycles. The molecule has 0 aliphatic rings. The number of hydrogen-bond donors (Lipinski definition) is 1. The molecule has 0 aliphatic heterocycles. The summed E-state index contributed by atoms with van der Waals surface area (Å²) >= 11 is 0. The zero-order valence-corrected chi connectivity index (χ0v) is 6.76. The maximum atomic E-state index is 10.1. The minimum atomic E-state index is -3.76. The van der Waals surface area contributed by atoms with Gasteiger partial charge in [0.05, 0.1) is 5.75 Å². The minimum Gasteiger partial charge on any atom is -0.286 e. The molecule has 0 aromatic carbocycles. The van der Waals surface area contributed by atoms with Crippen LogP contribution < -0.4 is 0 Å². The Bertz CT molecular complexity index is 191. The van der Waals surface area contributed by atoms with Gasteiger partial charge < -0.3 is 0 Å². The van der Waals surface area contributed by atoms with E-state index in [2.05, 4.69) is 0 Å². The zero-order chi connectivity index (χ0) is 8.04. The summed E-state index contributed by atoms with van der Waals surface area (Å²) in [6.45, 7) is 1.96. The second-order valence-corrected chi connectivity index (χ2v) is 3.53. The Kier molecular flexibility index (Phi) is 4.31. The summed E-state index contributed by atoms with van der Waals surface area (Å²) in [6.07, 6.45) is 4.90. The number of allylic oxidation sites excluding steroid dienone is 2. The van der Waals surface area contributed by atoms with Gasteiger partial charge in [-0.1, -0.05) is 19.1 Å². The molecule has 0 saturated heterocycles. The molecule has 0 fully saturated rings. The van der Waals surface area contributed by atoms with Crippen LogP contribution in [0.3, 0.4) is 0 Å². The molecule has 0 saturated carbocycles. The molecule has 0 aliphatic carbocycles. The van der Waals surface area contributed by atoms with Crippen LogP contribution in [0.25, 0.3) is 0 Å². The summed E-state index contributed by atoms with van der Waals surface area (Å²) in [6, 6.07) is 0. The maximum Gasteiger partial charge on any atom is 0.265 e. The molecule has 0 spiro atoms. The first-order chi connectivity index (χ1) is 4.56. The molecule has 4 heteroatoms. The quantitative estimate of drug-likeness (QED) is 0.502. The Hall–Kier alpha value is -0.350. The summed E-state index contributed by atoms with van der Waals surface area (Å²) in [5.74, 6) is -0.177. The molecule has 0 bridgehead atoms. The van der Waals surface area contributed by atoms with Crippen molar-refractivity contribution in [3.63, 3.8) is 0 Å². The fraction of sp³-hybridized carbons (Fsp3) is 0.667. The Morgan fingerprint density at radius 1 is 1.40 bits per heavy atom. The highest BCUT2D eigenvalue weighted by molar-refractivity contribution is 7.85. The molecule has 60 valence electrons. The third-order valence-corrected chi connectivity index (χ3v) is 1.70. The molecular formula is C6H12O3S. The lowest BCUT2D eigenvalue weighted by atomic mass is 10.4. The van der Waals surface area contributed by atoms with Gasteiger partial charge in [-0.3, -0.25) is 4.55 Å².